The number of halogens is 1. The fourth-order valence-electron chi connectivity index (χ4n) is 4.50. The minimum atomic E-state index is -0.581. The standard InChI is InChI=1S/C15H16FNO2/c16-10-6-9(18)3-4-11(10)17-15(19)14-12-7-1-2-8(5-7)13(12)14/h3-4,6-8,12-14,18H,1-2,5H2,(H,17,19). The van der Waals surface area contributed by atoms with Crippen LogP contribution < -0.4 is 5.32 Å². The summed E-state index contributed by atoms with van der Waals surface area (Å²) in [5.41, 5.74) is 0.167. The number of carbonyl (C=O) groups is 1. The lowest BCUT2D eigenvalue weighted by Crippen LogP contribution is -2.19. The first kappa shape index (κ1) is 11.3. The van der Waals surface area contributed by atoms with Crippen LogP contribution in [0.4, 0.5) is 10.1 Å². The highest BCUT2D eigenvalue weighted by Gasteiger charge is 2.67. The number of anilines is 1. The zero-order valence-corrected chi connectivity index (χ0v) is 10.5. The molecule has 4 unspecified atom stereocenters. The van der Waals surface area contributed by atoms with Gasteiger partial charge in [-0.3, -0.25) is 4.79 Å². The highest BCUT2D eigenvalue weighted by molar-refractivity contribution is 5.95. The summed E-state index contributed by atoms with van der Waals surface area (Å²) in [5, 5.41) is 11.8. The zero-order chi connectivity index (χ0) is 13.1. The summed E-state index contributed by atoms with van der Waals surface area (Å²) >= 11 is 0. The van der Waals surface area contributed by atoms with Gasteiger partial charge in [0.05, 0.1) is 5.69 Å². The normalized spacial score (nSPS) is 38.1. The predicted molar refractivity (Wildman–Crippen MR) is 68.0 cm³/mol. The third kappa shape index (κ3) is 1.58. The van der Waals surface area contributed by atoms with Gasteiger partial charge in [-0.2, -0.15) is 0 Å². The molecule has 3 aliphatic rings. The molecule has 19 heavy (non-hydrogen) atoms. The van der Waals surface area contributed by atoms with Gasteiger partial charge in [-0.25, -0.2) is 4.39 Å². The van der Waals surface area contributed by atoms with Crippen molar-refractivity contribution in [3.63, 3.8) is 0 Å². The maximum absolute atomic E-state index is 13.6. The molecular weight excluding hydrogens is 245 g/mol. The number of fused-ring (bicyclic) bond motifs is 5. The van der Waals surface area contributed by atoms with Gasteiger partial charge in [-0.15, -0.1) is 0 Å². The number of hydrogen-bond acceptors (Lipinski definition) is 2. The Morgan fingerprint density at radius 2 is 1.95 bits per heavy atom. The van der Waals surface area contributed by atoms with E-state index in [9.17, 15) is 9.18 Å². The van der Waals surface area contributed by atoms with Gasteiger partial charge >= 0.3 is 0 Å². The van der Waals surface area contributed by atoms with Gasteiger partial charge in [-0.05, 0) is 55.1 Å². The van der Waals surface area contributed by atoms with Crippen molar-refractivity contribution >= 4 is 11.6 Å². The van der Waals surface area contributed by atoms with Gasteiger partial charge in [0, 0.05) is 12.0 Å². The van der Waals surface area contributed by atoms with Crippen molar-refractivity contribution in [1.82, 2.24) is 0 Å². The molecule has 3 saturated carbocycles. The molecule has 2 bridgehead atoms. The van der Waals surface area contributed by atoms with E-state index in [2.05, 4.69) is 5.32 Å². The fourth-order valence-corrected chi connectivity index (χ4v) is 4.50. The molecule has 3 aliphatic carbocycles. The zero-order valence-electron chi connectivity index (χ0n) is 10.5. The summed E-state index contributed by atoms with van der Waals surface area (Å²) in [4.78, 5) is 12.2. The summed E-state index contributed by atoms with van der Waals surface area (Å²) in [6, 6.07) is 3.82. The van der Waals surface area contributed by atoms with Crippen LogP contribution in [-0.4, -0.2) is 11.0 Å². The lowest BCUT2D eigenvalue weighted by Gasteiger charge is -2.10. The van der Waals surface area contributed by atoms with Crippen molar-refractivity contribution < 1.29 is 14.3 Å². The molecule has 0 aromatic heterocycles. The van der Waals surface area contributed by atoms with E-state index < -0.39 is 5.82 Å². The third-order valence-electron chi connectivity index (χ3n) is 5.25. The molecule has 4 rings (SSSR count). The number of phenols is 1. The predicted octanol–water partition coefficient (Wildman–Crippen LogP) is 2.76. The number of nitrogens with one attached hydrogen (secondary N) is 1. The Morgan fingerprint density at radius 1 is 1.26 bits per heavy atom. The smallest absolute Gasteiger partial charge is 0.228 e. The number of amides is 1. The van der Waals surface area contributed by atoms with Crippen LogP contribution in [0.5, 0.6) is 5.75 Å². The van der Waals surface area contributed by atoms with E-state index >= 15 is 0 Å². The molecule has 100 valence electrons. The number of phenolic OH excluding ortho intramolecular Hbond substituents is 1. The molecule has 0 aliphatic heterocycles. The summed E-state index contributed by atoms with van der Waals surface area (Å²) in [7, 11) is 0. The van der Waals surface area contributed by atoms with Gasteiger partial charge in [0.1, 0.15) is 11.6 Å². The average molecular weight is 261 g/mol. The molecule has 0 heterocycles. The van der Waals surface area contributed by atoms with Gasteiger partial charge in [0.2, 0.25) is 5.91 Å². The largest absolute Gasteiger partial charge is 0.508 e. The first-order valence-corrected chi connectivity index (χ1v) is 6.94. The lowest BCUT2D eigenvalue weighted by molar-refractivity contribution is -0.118. The quantitative estimate of drug-likeness (QED) is 0.804. The van der Waals surface area contributed by atoms with Gasteiger partial charge in [-0.1, -0.05) is 0 Å². The molecule has 0 saturated heterocycles. The van der Waals surface area contributed by atoms with Crippen LogP contribution in [0.15, 0.2) is 18.2 Å². The Bertz CT molecular complexity index is 543. The molecule has 1 amide bonds. The van der Waals surface area contributed by atoms with E-state index in [1.807, 2.05) is 0 Å². The monoisotopic (exact) mass is 261 g/mol. The Morgan fingerprint density at radius 3 is 2.58 bits per heavy atom. The van der Waals surface area contributed by atoms with E-state index in [4.69, 9.17) is 5.11 Å². The minimum Gasteiger partial charge on any atom is -0.508 e. The maximum atomic E-state index is 13.6. The molecule has 2 N–H and O–H groups in total. The molecule has 1 aromatic rings. The summed E-state index contributed by atoms with van der Waals surface area (Å²) < 4.78 is 13.6. The van der Waals surface area contributed by atoms with Crippen molar-refractivity contribution in [2.45, 2.75) is 19.3 Å². The van der Waals surface area contributed by atoms with Gasteiger partial charge in [0.15, 0.2) is 0 Å². The van der Waals surface area contributed by atoms with Crippen molar-refractivity contribution in [2.75, 3.05) is 5.32 Å². The highest BCUT2D eigenvalue weighted by atomic mass is 19.1. The van der Waals surface area contributed by atoms with Crippen molar-refractivity contribution in [3.05, 3.63) is 24.0 Å². The molecule has 3 fully saturated rings. The van der Waals surface area contributed by atoms with E-state index in [0.29, 0.717) is 11.8 Å². The van der Waals surface area contributed by atoms with Crippen LogP contribution in [0.1, 0.15) is 19.3 Å². The topological polar surface area (TPSA) is 49.3 Å². The molecule has 0 radical (unpaired) electrons. The SMILES string of the molecule is O=C(Nc1ccc(O)cc1F)C1C2C3CCC(C3)C12. The van der Waals surface area contributed by atoms with E-state index in [1.54, 1.807) is 0 Å². The second-order valence-corrected chi connectivity index (χ2v) is 6.17. The van der Waals surface area contributed by atoms with E-state index in [0.717, 1.165) is 17.9 Å². The summed E-state index contributed by atoms with van der Waals surface area (Å²) in [6.45, 7) is 0. The molecule has 3 nitrogen and oxygen atoms in total. The van der Waals surface area contributed by atoms with Gasteiger partial charge < -0.3 is 10.4 Å². The molecule has 1 aromatic carbocycles. The van der Waals surface area contributed by atoms with Crippen LogP contribution in [0.25, 0.3) is 0 Å². The summed E-state index contributed by atoms with van der Waals surface area (Å²) in [5.74, 6) is 1.92. The maximum Gasteiger partial charge on any atom is 0.228 e. The Kier molecular flexibility index (Phi) is 2.20. The van der Waals surface area contributed by atoms with Crippen LogP contribution >= 0.6 is 0 Å². The molecule has 4 heteroatoms. The van der Waals surface area contributed by atoms with Crippen molar-refractivity contribution in [3.8, 4) is 5.75 Å². The van der Waals surface area contributed by atoms with Crippen LogP contribution in [-0.2, 0) is 4.79 Å². The third-order valence-corrected chi connectivity index (χ3v) is 5.25. The molecule has 4 atom stereocenters. The van der Waals surface area contributed by atoms with Crippen LogP contribution in [0.3, 0.4) is 0 Å². The Labute approximate surface area is 110 Å². The molecular formula is C15H16FNO2. The Hall–Kier alpha value is -1.58. The second kappa shape index (κ2) is 3.71. The van der Waals surface area contributed by atoms with Crippen LogP contribution in [0, 0.1) is 35.4 Å². The minimum absolute atomic E-state index is 0.0452. The number of hydrogen-bond donors (Lipinski definition) is 2. The molecule has 0 spiro atoms. The highest BCUT2D eigenvalue weighted by Crippen LogP contribution is 2.69. The first-order chi connectivity index (χ1) is 9.15. The van der Waals surface area contributed by atoms with E-state index in [1.165, 1.54) is 31.4 Å². The van der Waals surface area contributed by atoms with E-state index in [-0.39, 0.29) is 23.3 Å². The Balaban J connectivity index is 1.48. The fraction of sp³-hybridized carbons (Fsp3) is 0.533. The van der Waals surface area contributed by atoms with Gasteiger partial charge in [0.25, 0.3) is 0 Å². The summed E-state index contributed by atoms with van der Waals surface area (Å²) in [6.07, 6.45) is 3.83. The lowest BCUT2D eigenvalue weighted by atomic mass is 10.0. The number of rotatable bonds is 2. The van der Waals surface area contributed by atoms with Crippen molar-refractivity contribution in [2.24, 2.45) is 29.6 Å². The average Bonchev–Trinajstić information content (AvgIpc) is 2.82. The number of benzene rings is 1. The number of aromatic hydroxyl groups is 1. The first-order valence-electron chi connectivity index (χ1n) is 6.94. The number of carbonyl (C=O) groups excluding carboxylic acids is 1. The van der Waals surface area contributed by atoms with Crippen LogP contribution in [0.2, 0.25) is 0 Å². The second-order valence-electron chi connectivity index (χ2n) is 6.17. The van der Waals surface area contributed by atoms with Crippen molar-refractivity contribution in [1.29, 1.82) is 0 Å².